The summed E-state index contributed by atoms with van der Waals surface area (Å²) in [7, 11) is -1.60. The van der Waals surface area contributed by atoms with Gasteiger partial charge in [0.1, 0.15) is 11.6 Å². The Morgan fingerprint density at radius 2 is 2.06 bits per heavy atom. The minimum atomic E-state index is -1.60. The van der Waals surface area contributed by atoms with E-state index in [2.05, 4.69) is 0 Å². The number of halogens is 2. The average Bonchev–Trinajstić information content (AvgIpc) is 2.30. The Balaban J connectivity index is 2.79. The van der Waals surface area contributed by atoms with E-state index in [-0.39, 0.29) is 22.6 Å². The lowest BCUT2D eigenvalue weighted by Gasteiger charge is -2.17. The van der Waals surface area contributed by atoms with E-state index in [4.69, 9.17) is 5.73 Å². The standard InChI is InChI=1S/C12H17F2NOS/c1-3-8(2)11(15)7-17(16)12-6-9(13)4-5-10(12)14/h4-6,8,11H,3,7,15H2,1-2H3. The van der Waals surface area contributed by atoms with Gasteiger partial charge in [0, 0.05) is 11.8 Å². The predicted molar refractivity (Wildman–Crippen MR) is 65.1 cm³/mol. The van der Waals surface area contributed by atoms with E-state index in [9.17, 15) is 13.0 Å². The summed E-state index contributed by atoms with van der Waals surface area (Å²) in [5.41, 5.74) is 5.84. The largest absolute Gasteiger partial charge is 0.327 e. The fourth-order valence-electron chi connectivity index (χ4n) is 1.38. The van der Waals surface area contributed by atoms with Gasteiger partial charge in [-0.3, -0.25) is 4.21 Å². The van der Waals surface area contributed by atoms with Gasteiger partial charge in [0.25, 0.3) is 0 Å². The normalized spacial score (nSPS) is 16.5. The molecule has 2 nitrogen and oxygen atoms in total. The van der Waals surface area contributed by atoms with Crippen molar-refractivity contribution in [2.24, 2.45) is 11.7 Å². The van der Waals surface area contributed by atoms with Gasteiger partial charge in [-0.25, -0.2) is 8.78 Å². The van der Waals surface area contributed by atoms with Crippen molar-refractivity contribution in [3.05, 3.63) is 29.8 Å². The first-order chi connectivity index (χ1) is 7.95. The molecule has 1 aromatic rings. The van der Waals surface area contributed by atoms with Gasteiger partial charge >= 0.3 is 0 Å². The topological polar surface area (TPSA) is 43.1 Å². The van der Waals surface area contributed by atoms with E-state index in [1.54, 1.807) is 0 Å². The molecule has 0 amide bonds. The van der Waals surface area contributed by atoms with E-state index in [1.165, 1.54) is 0 Å². The molecule has 0 aliphatic rings. The molecule has 1 rings (SSSR count). The van der Waals surface area contributed by atoms with Crippen molar-refractivity contribution in [3.63, 3.8) is 0 Å². The smallest absolute Gasteiger partial charge is 0.139 e. The van der Waals surface area contributed by atoms with Gasteiger partial charge in [0.2, 0.25) is 0 Å². The molecular weight excluding hydrogens is 244 g/mol. The average molecular weight is 261 g/mol. The minimum absolute atomic E-state index is 0.108. The Kier molecular flexibility index (Phi) is 5.21. The number of hydrogen-bond donors (Lipinski definition) is 1. The van der Waals surface area contributed by atoms with Crippen molar-refractivity contribution >= 4 is 10.8 Å². The molecule has 0 heterocycles. The molecule has 0 saturated heterocycles. The summed E-state index contributed by atoms with van der Waals surface area (Å²) < 4.78 is 38.2. The summed E-state index contributed by atoms with van der Waals surface area (Å²) in [6, 6.07) is 2.68. The molecule has 0 aliphatic carbocycles. The van der Waals surface area contributed by atoms with E-state index in [0.29, 0.717) is 0 Å². The van der Waals surface area contributed by atoms with Crippen LogP contribution in [0.15, 0.2) is 23.1 Å². The molecule has 0 radical (unpaired) electrons. The highest BCUT2D eigenvalue weighted by Crippen LogP contribution is 2.16. The monoisotopic (exact) mass is 261 g/mol. The lowest BCUT2D eigenvalue weighted by molar-refractivity contribution is 0.471. The fourth-order valence-corrected chi connectivity index (χ4v) is 2.77. The Morgan fingerprint density at radius 3 is 2.65 bits per heavy atom. The number of rotatable bonds is 5. The number of benzene rings is 1. The van der Waals surface area contributed by atoms with Crippen LogP contribution in [0.1, 0.15) is 20.3 Å². The van der Waals surface area contributed by atoms with Crippen molar-refractivity contribution in [2.75, 3.05) is 5.75 Å². The molecule has 17 heavy (non-hydrogen) atoms. The summed E-state index contributed by atoms with van der Waals surface area (Å²) in [5.74, 6) is -0.890. The van der Waals surface area contributed by atoms with Crippen molar-refractivity contribution in [3.8, 4) is 0 Å². The highest BCUT2D eigenvalue weighted by atomic mass is 32.2. The molecule has 2 N–H and O–H groups in total. The minimum Gasteiger partial charge on any atom is -0.327 e. The summed E-state index contributed by atoms with van der Waals surface area (Å²) in [5, 5.41) is 0. The van der Waals surface area contributed by atoms with Crippen LogP contribution in [0.5, 0.6) is 0 Å². The van der Waals surface area contributed by atoms with E-state index in [1.807, 2.05) is 13.8 Å². The molecule has 0 bridgehead atoms. The molecule has 3 unspecified atom stereocenters. The Hall–Kier alpha value is -0.810. The lowest BCUT2D eigenvalue weighted by atomic mass is 10.0. The predicted octanol–water partition coefficient (Wildman–Crippen LogP) is 2.45. The summed E-state index contributed by atoms with van der Waals surface area (Å²) in [6.45, 7) is 3.93. The molecule has 0 aliphatic heterocycles. The van der Waals surface area contributed by atoms with Crippen molar-refractivity contribution in [1.82, 2.24) is 0 Å². The third-order valence-corrected chi connectivity index (χ3v) is 4.35. The zero-order valence-electron chi connectivity index (χ0n) is 9.95. The molecule has 0 aromatic heterocycles. The zero-order valence-corrected chi connectivity index (χ0v) is 10.8. The van der Waals surface area contributed by atoms with Crippen LogP contribution in [0.2, 0.25) is 0 Å². The third kappa shape index (κ3) is 3.85. The highest BCUT2D eigenvalue weighted by molar-refractivity contribution is 7.85. The van der Waals surface area contributed by atoms with Gasteiger partial charge in [-0.1, -0.05) is 20.3 Å². The first-order valence-corrected chi connectivity index (χ1v) is 6.86. The van der Waals surface area contributed by atoms with Crippen LogP contribution in [0.3, 0.4) is 0 Å². The van der Waals surface area contributed by atoms with Crippen LogP contribution < -0.4 is 5.73 Å². The van der Waals surface area contributed by atoms with Crippen molar-refractivity contribution in [1.29, 1.82) is 0 Å². The van der Waals surface area contributed by atoms with Gasteiger partial charge in [-0.15, -0.1) is 0 Å². The van der Waals surface area contributed by atoms with Crippen LogP contribution in [-0.2, 0) is 10.8 Å². The van der Waals surface area contributed by atoms with Crippen LogP contribution in [-0.4, -0.2) is 16.0 Å². The third-order valence-electron chi connectivity index (χ3n) is 2.86. The molecule has 0 fully saturated rings. The van der Waals surface area contributed by atoms with Gasteiger partial charge < -0.3 is 5.73 Å². The molecule has 96 valence electrons. The second kappa shape index (κ2) is 6.21. The number of nitrogens with two attached hydrogens (primary N) is 1. The Labute approximate surface area is 103 Å². The maximum Gasteiger partial charge on any atom is 0.139 e. The van der Waals surface area contributed by atoms with Crippen molar-refractivity contribution < 1.29 is 13.0 Å². The number of hydrogen-bond acceptors (Lipinski definition) is 2. The van der Waals surface area contributed by atoms with Crippen LogP contribution in [0, 0.1) is 17.6 Å². The quantitative estimate of drug-likeness (QED) is 0.884. The second-order valence-corrected chi connectivity index (χ2v) is 5.60. The highest BCUT2D eigenvalue weighted by Gasteiger charge is 2.18. The Morgan fingerprint density at radius 1 is 1.41 bits per heavy atom. The van der Waals surface area contributed by atoms with E-state index in [0.717, 1.165) is 24.6 Å². The lowest BCUT2D eigenvalue weighted by Crippen LogP contribution is -2.33. The molecule has 3 atom stereocenters. The molecule has 0 spiro atoms. The second-order valence-electron chi connectivity index (χ2n) is 4.14. The van der Waals surface area contributed by atoms with Gasteiger partial charge in [-0.05, 0) is 24.1 Å². The molecule has 1 aromatic carbocycles. The van der Waals surface area contributed by atoms with Gasteiger partial charge in [0.15, 0.2) is 0 Å². The molecule has 0 saturated carbocycles. The van der Waals surface area contributed by atoms with Crippen LogP contribution >= 0.6 is 0 Å². The van der Waals surface area contributed by atoms with Gasteiger partial charge in [0.05, 0.1) is 15.7 Å². The Bertz CT molecular complexity index is 411. The first-order valence-electron chi connectivity index (χ1n) is 5.54. The maximum absolute atomic E-state index is 13.4. The molecule has 5 heteroatoms. The van der Waals surface area contributed by atoms with Crippen LogP contribution in [0.25, 0.3) is 0 Å². The summed E-state index contributed by atoms with van der Waals surface area (Å²) in [6.07, 6.45) is 0.865. The first kappa shape index (κ1) is 14.3. The summed E-state index contributed by atoms with van der Waals surface area (Å²) >= 11 is 0. The fraction of sp³-hybridized carbons (Fsp3) is 0.500. The van der Waals surface area contributed by atoms with Crippen LogP contribution in [0.4, 0.5) is 8.78 Å². The van der Waals surface area contributed by atoms with E-state index >= 15 is 0 Å². The zero-order chi connectivity index (χ0) is 13.0. The SMILES string of the molecule is CCC(C)C(N)CS(=O)c1cc(F)ccc1F. The molecular formula is C12H17F2NOS. The van der Waals surface area contributed by atoms with Crippen molar-refractivity contribution in [2.45, 2.75) is 31.2 Å². The maximum atomic E-state index is 13.4. The summed E-state index contributed by atoms with van der Waals surface area (Å²) in [4.78, 5) is -0.108. The van der Waals surface area contributed by atoms with E-state index < -0.39 is 22.4 Å². The van der Waals surface area contributed by atoms with Gasteiger partial charge in [-0.2, -0.15) is 0 Å².